The van der Waals surface area contributed by atoms with E-state index in [9.17, 15) is 0 Å². The number of anilines is 1. The summed E-state index contributed by atoms with van der Waals surface area (Å²) >= 11 is 6.17. The lowest BCUT2D eigenvalue weighted by Gasteiger charge is -2.25. The van der Waals surface area contributed by atoms with Crippen LogP contribution < -0.4 is 5.32 Å². The van der Waals surface area contributed by atoms with Crippen molar-refractivity contribution >= 4 is 28.3 Å². The topological polar surface area (TPSA) is 64.9 Å². The van der Waals surface area contributed by atoms with E-state index in [4.69, 9.17) is 16.3 Å². The molecule has 23 heavy (non-hydrogen) atoms. The number of fused-ring (bicyclic) bond motifs is 1. The van der Waals surface area contributed by atoms with Gasteiger partial charge in [-0.15, -0.1) is 5.10 Å². The molecule has 0 radical (unpaired) electrons. The first-order valence-electron chi connectivity index (χ1n) is 7.49. The van der Waals surface area contributed by atoms with Gasteiger partial charge in [-0.2, -0.15) is 0 Å². The maximum Gasteiger partial charge on any atom is 0.126 e. The predicted octanol–water partition coefficient (Wildman–Crippen LogP) is 2.97. The lowest BCUT2D eigenvalue weighted by atomic mass is 10.1. The van der Waals surface area contributed by atoms with Gasteiger partial charge >= 0.3 is 0 Å². The molecule has 0 atom stereocenters. The van der Waals surface area contributed by atoms with Gasteiger partial charge in [0.25, 0.3) is 0 Å². The second-order valence-corrected chi connectivity index (χ2v) is 6.08. The second-order valence-electron chi connectivity index (χ2n) is 5.68. The highest BCUT2D eigenvalue weighted by atomic mass is 35.5. The third kappa shape index (κ3) is 2.75. The summed E-state index contributed by atoms with van der Waals surface area (Å²) in [4.78, 5) is 4.65. The van der Waals surface area contributed by atoms with Gasteiger partial charge in [-0.25, -0.2) is 9.67 Å². The maximum absolute atomic E-state index is 6.17. The fourth-order valence-electron chi connectivity index (χ4n) is 2.53. The van der Waals surface area contributed by atoms with E-state index in [2.05, 4.69) is 20.6 Å². The molecule has 1 N–H and O–H groups in total. The standard InChI is InChI=1S/C16H16ClN5O/c1-10-14(17)4-2-11-3-5-15(19-16(10)11)18-6-12-7-22(21-20-12)13-8-23-9-13/h2-5,7,13H,6,8-9H2,1H3,(H,18,19). The molecular weight excluding hydrogens is 314 g/mol. The molecule has 1 aliphatic rings. The summed E-state index contributed by atoms with van der Waals surface area (Å²) in [5.41, 5.74) is 2.78. The minimum absolute atomic E-state index is 0.319. The molecule has 1 saturated heterocycles. The molecule has 0 unspecified atom stereocenters. The highest BCUT2D eigenvalue weighted by Crippen LogP contribution is 2.25. The van der Waals surface area contributed by atoms with Crippen molar-refractivity contribution in [3.05, 3.63) is 46.7 Å². The maximum atomic E-state index is 6.17. The summed E-state index contributed by atoms with van der Waals surface area (Å²) in [6.07, 6.45) is 1.95. The molecule has 1 aliphatic heterocycles. The van der Waals surface area contributed by atoms with Gasteiger partial charge in [0, 0.05) is 10.4 Å². The molecule has 4 rings (SSSR count). The van der Waals surface area contributed by atoms with Crippen LogP contribution in [0.1, 0.15) is 17.3 Å². The molecule has 7 heteroatoms. The van der Waals surface area contributed by atoms with Gasteiger partial charge in [0.05, 0.1) is 31.5 Å². The summed E-state index contributed by atoms with van der Waals surface area (Å²) < 4.78 is 7.02. The molecular formula is C16H16ClN5O. The molecule has 3 aromatic rings. The van der Waals surface area contributed by atoms with E-state index in [0.717, 1.165) is 33.0 Å². The van der Waals surface area contributed by atoms with Gasteiger partial charge in [-0.3, -0.25) is 0 Å². The van der Waals surface area contributed by atoms with Crippen LogP contribution in [0.5, 0.6) is 0 Å². The van der Waals surface area contributed by atoms with Crippen molar-refractivity contribution in [2.24, 2.45) is 0 Å². The molecule has 0 spiro atoms. The van der Waals surface area contributed by atoms with E-state index < -0.39 is 0 Å². The Balaban J connectivity index is 1.51. The number of nitrogens with one attached hydrogen (secondary N) is 1. The van der Waals surface area contributed by atoms with Crippen LogP contribution in [0.3, 0.4) is 0 Å². The molecule has 0 amide bonds. The smallest absolute Gasteiger partial charge is 0.126 e. The summed E-state index contributed by atoms with van der Waals surface area (Å²) in [5, 5.41) is 13.4. The van der Waals surface area contributed by atoms with Crippen molar-refractivity contribution in [2.45, 2.75) is 19.5 Å². The van der Waals surface area contributed by atoms with E-state index in [-0.39, 0.29) is 0 Å². The third-order valence-corrected chi connectivity index (χ3v) is 4.46. The van der Waals surface area contributed by atoms with E-state index in [1.165, 1.54) is 0 Å². The van der Waals surface area contributed by atoms with Crippen molar-refractivity contribution < 1.29 is 4.74 Å². The van der Waals surface area contributed by atoms with E-state index >= 15 is 0 Å². The predicted molar refractivity (Wildman–Crippen MR) is 88.7 cm³/mol. The van der Waals surface area contributed by atoms with Gasteiger partial charge in [0.2, 0.25) is 0 Å². The minimum atomic E-state index is 0.319. The first-order valence-corrected chi connectivity index (χ1v) is 7.87. The molecule has 1 aromatic carbocycles. The van der Waals surface area contributed by atoms with E-state index in [1.54, 1.807) is 0 Å². The molecule has 0 bridgehead atoms. The second kappa shape index (κ2) is 5.79. The van der Waals surface area contributed by atoms with Crippen molar-refractivity contribution in [3.8, 4) is 0 Å². The van der Waals surface area contributed by atoms with Crippen molar-refractivity contribution in [3.63, 3.8) is 0 Å². The van der Waals surface area contributed by atoms with Gasteiger partial charge in [0.15, 0.2) is 0 Å². The lowest BCUT2D eigenvalue weighted by Crippen LogP contribution is -2.30. The minimum Gasteiger partial charge on any atom is -0.377 e. The van der Waals surface area contributed by atoms with Crippen LogP contribution >= 0.6 is 11.6 Å². The summed E-state index contributed by atoms with van der Waals surface area (Å²) in [6.45, 7) is 3.98. The molecule has 118 valence electrons. The Labute approximate surface area is 138 Å². The van der Waals surface area contributed by atoms with Crippen LogP contribution in [0.2, 0.25) is 5.02 Å². The van der Waals surface area contributed by atoms with Crippen molar-refractivity contribution in [2.75, 3.05) is 18.5 Å². The molecule has 6 nitrogen and oxygen atoms in total. The average Bonchev–Trinajstić information content (AvgIpc) is 2.96. The van der Waals surface area contributed by atoms with Gasteiger partial charge in [-0.05, 0) is 30.7 Å². The van der Waals surface area contributed by atoms with Gasteiger partial charge in [-0.1, -0.05) is 22.9 Å². The Hall–Kier alpha value is -2.18. The molecule has 3 heterocycles. The normalized spacial score (nSPS) is 14.9. The summed E-state index contributed by atoms with van der Waals surface area (Å²) in [5.74, 6) is 0.796. The SMILES string of the molecule is Cc1c(Cl)ccc2ccc(NCc3cn(C4COC4)nn3)nc12. The fourth-order valence-corrected chi connectivity index (χ4v) is 2.69. The van der Waals surface area contributed by atoms with Crippen LogP contribution in [-0.2, 0) is 11.3 Å². The molecule has 1 fully saturated rings. The summed E-state index contributed by atoms with van der Waals surface area (Å²) in [7, 11) is 0. The zero-order chi connectivity index (χ0) is 15.8. The highest BCUT2D eigenvalue weighted by molar-refractivity contribution is 6.32. The summed E-state index contributed by atoms with van der Waals surface area (Å²) in [6, 6.07) is 8.19. The molecule has 0 saturated carbocycles. The zero-order valence-corrected chi connectivity index (χ0v) is 13.4. The van der Waals surface area contributed by atoms with Crippen LogP contribution in [0.15, 0.2) is 30.5 Å². The largest absolute Gasteiger partial charge is 0.377 e. The monoisotopic (exact) mass is 329 g/mol. The Kier molecular flexibility index (Phi) is 3.63. The van der Waals surface area contributed by atoms with Crippen molar-refractivity contribution in [1.29, 1.82) is 0 Å². The van der Waals surface area contributed by atoms with Gasteiger partial charge < -0.3 is 10.1 Å². The Morgan fingerprint density at radius 2 is 2.13 bits per heavy atom. The number of pyridine rings is 1. The number of rotatable bonds is 4. The Morgan fingerprint density at radius 3 is 2.91 bits per heavy atom. The van der Waals surface area contributed by atoms with Crippen molar-refractivity contribution in [1.82, 2.24) is 20.0 Å². The number of aryl methyl sites for hydroxylation is 1. The van der Waals surface area contributed by atoms with E-state index in [0.29, 0.717) is 25.8 Å². The van der Waals surface area contributed by atoms with Gasteiger partial charge in [0.1, 0.15) is 17.6 Å². The average molecular weight is 330 g/mol. The number of aromatic nitrogens is 4. The first kappa shape index (κ1) is 14.4. The number of hydrogen-bond acceptors (Lipinski definition) is 5. The Bertz CT molecular complexity index is 859. The lowest BCUT2D eigenvalue weighted by molar-refractivity contribution is -0.0293. The quantitative estimate of drug-likeness (QED) is 0.797. The molecule has 2 aromatic heterocycles. The van der Waals surface area contributed by atoms with Crippen LogP contribution in [0, 0.1) is 6.92 Å². The third-order valence-electron chi connectivity index (χ3n) is 4.05. The number of halogens is 1. The molecule has 0 aliphatic carbocycles. The number of benzene rings is 1. The van der Waals surface area contributed by atoms with Crippen LogP contribution in [0.25, 0.3) is 10.9 Å². The van der Waals surface area contributed by atoms with Crippen LogP contribution in [-0.4, -0.2) is 33.2 Å². The first-order chi connectivity index (χ1) is 11.2. The highest BCUT2D eigenvalue weighted by Gasteiger charge is 2.21. The Morgan fingerprint density at radius 1 is 1.30 bits per heavy atom. The van der Waals surface area contributed by atoms with Crippen LogP contribution in [0.4, 0.5) is 5.82 Å². The van der Waals surface area contributed by atoms with E-state index in [1.807, 2.05) is 42.1 Å². The number of ether oxygens (including phenoxy) is 1. The number of hydrogen-bond donors (Lipinski definition) is 1. The zero-order valence-electron chi connectivity index (χ0n) is 12.7. The number of nitrogens with zero attached hydrogens (tertiary/aromatic N) is 4. The fraction of sp³-hybridized carbons (Fsp3) is 0.312.